The van der Waals surface area contributed by atoms with Crippen molar-refractivity contribution in [3.8, 4) is 0 Å². The van der Waals surface area contributed by atoms with Crippen LogP contribution in [0, 0.1) is 12.7 Å². The molecular weight excluding hydrogens is 273 g/mol. The number of carboxylic acids is 1. The molecule has 1 aromatic carbocycles. The van der Waals surface area contributed by atoms with Gasteiger partial charge in [-0.1, -0.05) is 19.9 Å². The lowest BCUT2D eigenvalue weighted by molar-refractivity contribution is 0.0691. The summed E-state index contributed by atoms with van der Waals surface area (Å²) in [6.07, 6.45) is 1.41. The molecule has 0 bridgehead atoms. The van der Waals surface area contributed by atoms with Crippen molar-refractivity contribution in [1.29, 1.82) is 0 Å². The molecule has 1 aromatic heterocycles. The highest BCUT2D eigenvalue weighted by molar-refractivity contribution is 5.92. The van der Waals surface area contributed by atoms with Crippen molar-refractivity contribution in [3.63, 3.8) is 0 Å². The minimum absolute atomic E-state index is 0.0213. The average Bonchev–Trinajstić information content (AvgIpc) is 2.43. The van der Waals surface area contributed by atoms with E-state index in [1.165, 1.54) is 12.3 Å². The Morgan fingerprint density at radius 3 is 2.67 bits per heavy atom. The van der Waals surface area contributed by atoms with Crippen LogP contribution in [0.2, 0.25) is 0 Å². The van der Waals surface area contributed by atoms with Crippen LogP contribution in [0.25, 0.3) is 0 Å². The highest BCUT2D eigenvalue weighted by atomic mass is 19.1. The maximum atomic E-state index is 13.5. The number of hydrogen-bond acceptors (Lipinski definition) is 4. The Morgan fingerprint density at radius 2 is 2.05 bits per heavy atom. The zero-order valence-electron chi connectivity index (χ0n) is 12.0. The van der Waals surface area contributed by atoms with Crippen molar-refractivity contribution in [2.24, 2.45) is 0 Å². The second-order valence-electron chi connectivity index (χ2n) is 4.99. The third-order valence-corrected chi connectivity index (χ3v) is 3.06. The molecule has 0 aliphatic heterocycles. The summed E-state index contributed by atoms with van der Waals surface area (Å²) in [6, 6.07) is 4.56. The highest BCUT2D eigenvalue weighted by Crippen LogP contribution is 2.24. The summed E-state index contributed by atoms with van der Waals surface area (Å²) in [5.74, 6) is -1.05. The van der Waals surface area contributed by atoms with Crippen LogP contribution in [0.5, 0.6) is 0 Å². The third-order valence-electron chi connectivity index (χ3n) is 3.06. The maximum Gasteiger partial charge on any atom is 0.356 e. The molecule has 0 saturated carbocycles. The molecule has 0 radical (unpaired) electrons. The SMILES string of the molecule is Cc1c(F)cccc1Nc1cnc(C(C)C)nc1C(=O)O. The first-order valence-electron chi connectivity index (χ1n) is 6.52. The largest absolute Gasteiger partial charge is 0.476 e. The molecule has 110 valence electrons. The number of nitrogens with one attached hydrogen (secondary N) is 1. The molecule has 2 rings (SSSR count). The lowest BCUT2D eigenvalue weighted by atomic mass is 10.1. The van der Waals surface area contributed by atoms with Crippen LogP contribution in [0.3, 0.4) is 0 Å². The first-order chi connectivity index (χ1) is 9.90. The van der Waals surface area contributed by atoms with Crippen LogP contribution in [-0.2, 0) is 0 Å². The van der Waals surface area contributed by atoms with Crippen LogP contribution in [0.15, 0.2) is 24.4 Å². The van der Waals surface area contributed by atoms with Crippen molar-refractivity contribution in [2.45, 2.75) is 26.7 Å². The van der Waals surface area contributed by atoms with E-state index in [-0.39, 0.29) is 23.1 Å². The normalized spacial score (nSPS) is 10.7. The van der Waals surface area contributed by atoms with E-state index >= 15 is 0 Å². The Labute approximate surface area is 121 Å². The predicted molar refractivity (Wildman–Crippen MR) is 77.5 cm³/mol. The molecule has 2 aromatic rings. The van der Waals surface area contributed by atoms with E-state index in [2.05, 4.69) is 15.3 Å². The van der Waals surface area contributed by atoms with Gasteiger partial charge < -0.3 is 10.4 Å². The van der Waals surface area contributed by atoms with Gasteiger partial charge in [0.05, 0.1) is 11.9 Å². The van der Waals surface area contributed by atoms with Gasteiger partial charge in [0.1, 0.15) is 11.6 Å². The van der Waals surface area contributed by atoms with Gasteiger partial charge in [-0.3, -0.25) is 0 Å². The van der Waals surface area contributed by atoms with E-state index in [1.54, 1.807) is 19.1 Å². The number of hydrogen-bond donors (Lipinski definition) is 2. The number of benzene rings is 1. The molecule has 0 spiro atoms. The van der Waals surface area contributed by atoms with Gasteiger partial charge in [-0.15, -0.1) is 0 Å². The molecule has 2 N–H and O–H groups in total. The lowest BCUT2D eigenvalue weighted by Gasteiger charge is -2.13. The zero-order chi connectivity index (χ0) is 15.6. The molecule has 5 nitrogen and oxygen atoms in total. The van der Waals surface area contributed by atoms with Gasteiger partial charge in [0, 0.05) is 17.2 Å². The van der Waals surface area contributed by atoms with E-state index < -0.39 is 5.97 Å². The molecule has 0 aliphatic carbocycles. The van der Waals surface area contributed by atoms with Crippen LogP contribution < -0.4 is 5.32 Å². The quantitative estimate of drug-likeness (QED) is 0.901. The summed E-state index contributed by atoms with van der Waals surface area (Å²) in [5, 5.41) is 12.2. The zero-order valence-corrected chi connectivity index (χ0v) is 12.0. The van der Waals surface area contributed by atoms with Gasteiger partial charge in [0.2, 0.25) is 0 Å². The molecule has 0 atom stereocenters. The Balaban J connectivity index is 2.44. The summed E-state index contributed by atoms with van der Waals surface area (Å²) < 4.78 is 13.5. The molecule has 6 heteroatoms. The lowest BCUT2D eigenvalue weighted by Crippen LogP contribution is -2.10. The second kappa shape index (κ2) is 5.87. The molecule has 0 unspecified atom stereocenters. The molecule has 0 saturated heterocycles. The standard InChI is InChI=1S/C15H16FN3O2/c1-8(2)14-17-7-12(13(19-14)15(20)21)18-11-6-4-5-10(16)9(11)3/h4-8,18H,1-3H3,(H,20,21). The third kappa shape index (κ3) is 3.16. The van der Waals surface area contributed by atoms with Gasteiger partial charge in [-0.2, -0.15) is 0 Å². The summed E-state index contributed by atoms with van der Waals surface area (Å²) in [6.45, 7) is 5.37. The first kappa shape index (κ1) is 14.9. The topological polar surface area (TPSA) is 75.1 Å². The van der Waals surface area contributed by atoms with Crippen molar-refractivity contribution in [2.75, 3.05) is 5.32 Å². The number of anilines is 2. The summed E-state index contributed by atoms with van der Waals surface area (Å²) in [7, 11) is 0. The van der Waals surface area contributed by atoms with Crippen molar-refractivity contribution < 1.29 is 14.3 Å². The summed E-state index contributed by atoms with van der Waals surface area (Å²) in [4.78, 5) is 19.5. The fraction of sp³-hybridized carbons (Fsp3) is 0.267. The number of nitrogens with zero attached hydrogens (tertiary/aromatic N) is 2. The Kier molecular flexibility index (Phi) is 4.16. The summed E-state index contributed by atoms with van der Waals surface area (Å²) in [5.41, 5.74) is 0.998. The number of aromatic carboxylic acids is 1. The number of carboxylic acid groups (broad SMARTS) is 1. The number of carbonyl (C=O) groups is 1. The minimum Gasteiger partial charge on any atom is -0.476 e. The molecular formula is C15H16FN3O2. The Hall–Kier alpha value is -2.50. The van der Waals surface area contributed by atoms with Crippen molar-refractivity contribution in [1.82, 2.24) is 9.97 Å². The fourth-order valence-electron chi connectivity index (χ4n) is 1.82. The van der Waals surface area contributed by atoms with Crippen molar-refractivity contribution >= 4 is 17.3 Å². The molecule has 0 amide bonds. The highest BCUT2D eigenvalue weighted by Gasteiger charge is 2.16. The van der Waals surface area contributed by atoms with Gasteiger partial charge >= 0.3 is 5.97 Å². The smallest absolute Gasteiger partial charge is 0.356 e. The van der Waals surface area contributed by atoms with Gasteiger partial charge in [0.15, 0.2) is 5.69 Å². The minimum atomic E-state index is -1.16. The molecule has 0 fully saturated rings. The van der Waals surface area contributed by atoms with Gasteiger partial charge in [-0.25, -0.2) is 19.2 Å². The Bertz CT molecular complexity index is 687. The fourth-order valence-corrected chi connectivity index (χ4v) is 1.82. The van der Waals surface area contributed by atoms with Crippen LogP contribution in [-0.4, -0.2) is 21.0 Å². The Morgan fingerprint density at radius 1 is 1.33 bits per heavy atom. The van der Waals surface area contributed by atoms with E-state index in [0.717, 1.165) is 0 Å². The van der Waals surface area contributed by atoms with E-state index in [9.17, 15) is 14.3 Å². The van der Waals surface area contributed by atoms with Crippen LogP contribution in [0.4, 0.5) is 15.8 Å². The van der Waals surface area contributed by atoms with E-state index in [1.807, 2.05) is 13.8 Å². The van der Waals surface area contributed by atoms with Gasteiger partial charge in [-0.05, 0) is 19.1 Å². The van der Waals surface area contributed by atoms with Crippen molar-refractivity contribution in [3.05, 3.63) is 47.3 Å². The predicted octanol–water partition coefficient (Wildman–Crippen LogP) is 3.49. The monoisotopic (exact) mass is 289 g/mol. The maximum absolute atomic E-state index is 13.5. The number of aromatic nitrogens is 2. The summed E-state index contributed by atoms with van der Waals surface area (Å²) >= 11 is 0. The van der Waals surface area contributed by atoms with Crippen LogP contribution >= 0.6 is 0 Å². The van der Waals surface area contributed by atoms with E-state index in [4.69, 9.17) is 0 Å². The molecule has 1 heterocycles. The van der Waals surface area contributed by atoms with E-state index in [0.29, 0.717) is 17.1 Å². The molecule has 0 aliphatic rings. The van der Waals surface area contributed by atoms with Gasteiger partial charge in [0.25, 0.3) is 0 Å². The average molecular weight is 289 g/mol. The molecule has 21 heavy (non-hydrogen) atoms. The number of halogens is 1. The van der Waals surface area contributed by atoms with Crippen LogP contribution in [0.1, 0.15) is 41.6 Å². The number of rotatable bonds is 4. The second-order valence-corrected chi connectivity index (χ2v) is 4.99. The first-order valence-corrected chi connectivity index (χ1v) is 6.52.